The Morgan fingerprint density at radius 3 is 2.09 bits per heavy atom. The Balaban J connectivity index is 1.69. The third-order valence-corrected chi connectivity index (χ3v) is 6.47. The van der Waals surface area contributed by atoms with Gasteiger partial charge in [0.15, 0.2) is 0 Å². The van der Waals surface area contributed by atoms with Gasteiger partial charge in [0, 0.05) is 16.6 Å². The minimum absolute atomic E-state index is 0.921. The van der Waals surface area contributed by atoms with E-state index in [1.165, 1.54) is 21.5 Å². The van der Waals surface area contributed by atoms with E-state index in [9.17, 15) is 0 Å². The zero-order valence-electron chi connectivity index (χ0n) is 17.8. The molecule has 7 aromatic rings. The fourth-order valence-electron chi connectivity index (χ4n) is 5.00. The fraction of sp³-hybridized carbons (Fsp3) is 0. The lowest BCUT2D eigenvalue weighted by Gasteiger charge is -2.09. The van der Waals surface area contributed by atoms with E-state index in [1.807, 2.05) is 6.07 Å². The Kier molecular flexibility index (Phi) is 3.84. The van der Waals surface area contributed by atoms with Crippen LogP contribution in [0, 0.1) is 0 Å². The Hall–Kier alpha value is -4.50. The molecule has 0 aliphatic carbocycles. The van der Waals surface area contributed by atoms with Gasteiger partial charge in [0.25, 0.3) is 0 Å². The minimum atomic E-state index is 0.921. The van der Waals surface area contributed by atoms with Crippen molar-refractivity contribution in [1.82, 2.24) is 14.5 Å². The van der Waals surface area contributed by atoms with Crippen LogP contribution >= 0.6 is 0 Å². The molecule has 3 nitrogen and oxygen atoms in total. The second-order valence-corrected chi connectivity index (χ2v) is 8.34. The second-order valence-electron chi connectivity index (χ2n) is 8.34. The van der Waals surface area contributed by atoms with Crippen molar-refractivity contribution in [3.05, 3.63) is 116 Å². The van der Waals surface area contributed by atoms with Crippen molar-refractivity contribution in [1.29, 1.82) is 0 Å². The number of hydrogen-bond donors (Lipinski definition) is 0. The van der Waals surface area contributed by atoms with Crippen molar-refractivity contribution in [2.75, 3.05) is 0 Å². The molecule has 0 amide bonds. The summed E-state index contributed by atoms with van der Waals surface area (Å²) in [7, 11) is 0. The average Bonchev–Trinajstić information content (AvgIpc) is 3.21. The van der Waals surface area contributed by atoms with E-state index >= 15 is 0 Å². The molecule has 2 heterocycles. The maximum atomic E-state index is 4.84. The molecule has 0 N–H and O–H groups in total. The maximum absolute atomic E-state index is 4.84. The number of rotatable bonds is 2. The van der Waals surface area contributed by atoms with Crippen LogP contribution in [0.1, 0.15) is 0 Å². The summed E-state index contributed by atoms with van der Waals surface area (Å²) in [6.07, 6.45) is 1.69. The molecule has 33 heavy (non-hydrogen) atoms. The molecule has 0 aliphatic heterocycles. The van der Waals surface area contributed by atoms with Gasteiger partial charge >= 0.3 is 0 Å². The summed E-state index contributed by atoms with van der Waals surface area (Å²) < 4.78 is 2.26. The van der Waals surface area contributed by atoms with E-state index in [2.05, 4.69) is 108 Å². The maximum Gasteiger partial charge on any atom is 0.149 e. The highest BCUT2D eigenvalue weighted by Crippen LogP contribution is 2.39. The number of aromatic nitrogens is 3. The molecule has 2 aromatic heterocycles. The van der Waals surface area contributed by atoms with Gasteiger partial charge in [-0.05, 0) is 45.8 Å². The molecule has 0 saturated carbocycles. The van der Waals surface area contributed by atoms with Crippen molar-refractivity contribution in [3.63, 3.8) is 0 Å². The molecule has 0 fully saturated rings. The third kappa shape index (κ3) is 2.69. The van der Waals surface area contributed by atoms with E-state index in [0.29, 0.717) is 0 Å². The first-order valence-electron chi connectivity index (χ1n) is 11.1. The first kappa shape index (κ1) is 18.1. The standard InChI is InChI=1S/C30H19N3/c1-2-13-23(14-3-1)33-27-18-22-11-5-4-10-21(22)17-26(27)28-29(31-19-32-30(28)33)25-16-8-12-20-9-6-7-15-24(20)25/h1-19H. The lowest BCUT2D eigenvalue weighted by molar-refractivity contribution is 1.11. The summed E-state index contributed by atoms with van der Waals surface area (Å²) in [6.45, 7) is 0. The average molecular weight is 422 g/mol. The Labute approximate surface area is 190 Å². The van der Waals surface area contributed by atoms with Crippen LogP contribution in [0.2, 0.25) is 0 Å². The molecule has 154 valence electrons. The minimum Gasteiger partial charge on any atom is -0.294 e. The Bertz CT molecular complexity index is 1810. The molecule has 7 rings (SSSR count). The molecule has 0 atom stereocenters. The van der Waals surface area contributed by atoms with Crippen LogP contribution in [-0.2, 0) is 0 Å². The number of benzene rings is 5. The van der Waals surface area contributed by atoms with Crippen LogP contribution in [0.5, 0.6) is 0 Å². The molecule has 3 heteroatoms. The molecule has 0 unspecified atom stereocenters. The fourth-order valence-corrected chi connectivity index (χ4v) is 5.00. The zero-order valence-corrected chi connectivity index (χ0v) is 17.8. The Morgan fingerprint density at radius 2 is 1.24 bits per heavy atom. The van der Waals surface area contributed by atoms with E-state index in [-0.39, 0.29) is 0 Å². The van der Waals surface area contributed by atoms with Crippen LogP contribution in [-0.4, -0.2) is 14.5 Å². The van der Waals surface area contributed by atoms with Gasteiger partial charge in [0.1, 0.15) is 12.0 Å². The van der Waals surface area contributed by atoms with E-state index < -0.39 is 0 Å². The number of hydrogen-bond acceptors (Lipinski definition) is 2. The zero-order chi connectivity index (χ0) is 21.8. The van der Waals surface area contributed by atoms with Crippen molar-refractivity contribution >= 4 is 43.5 Å². The summed E-state index contributed by atoms with van der Waals surface area (Å²) in [5.41, 5.74) is 5.24. The van der Waals surface area contributed by atoms with Crippen LogP contribution in [0.15, 0.2) is 116 Å². The van der Waals surface area contributed by atoms with Crippen molar-refractivity contribution < 1.29 is 0 Å². The van der Waals surface area contributed by atoms with Crippen LogP contribution in [0.4, 0.5) is 0 Å². The molecule has 5 aromatic carbocycles. The van der Waals surface area contributed by atoms with Gasteiger partial charge < -0.3 is 0 Å². The Morgan fingerprint density at radius 1 is 0.545 bits per heavy atom. The monoisotopic (exact) mass is 421 g/mol. The van der Waals surface area contributed by atoms with Crippen LogP contribution in [0.3, 0.4) is 0 Å². The highest BCUT2D eigenvalue weighted by molar-refractivity contribution is 6.18. The first-order valence-corrected chi connectivity index (χ1v) is 11.1. The largest absolute Gasteiger partial charge is 0.294 e. The third-order valence-electron chi connectivity index (χ3n) is 6.47. The molecule has 0 saturated heterocycles. The van der Waals surface area contributed by atoms with Gasteiger partial charge in [-0.2, -0.15) is 0 Å². The topological polar surface area (TPSA) is 30.7 Å². The highest BCUT2D eigenvalue weighted by Gasteiger charge is 2.19. The van der Waals surface area contributed by atoms with Crippen LogP contribution < -0.4 is 0 Å². The molecular formula is C30H19N3. The predicted molar refractivity (Wildman–Crippen MR) is 137 cm³/mol. The van der Waals surface area contributed by atoms with Gasteiger partial charge in [-0.1, -0.05) is 84.9 Å². The first-order chi connectivity index (χ1) is 16.4. The predicted octanol–water partition coefficient (Wildman–Crippen LogP) is 7.55. The van der Waals surface area contributed by atoms with Gasteiger partial charge in [-0.15, -0.1) is 0 Å². The van der Waals surface area contributed by atoms with E-state index in [4.69, 9.17) is 9.97 Å². The normalized spacial score (nSPS) is 11.6. The lowest BCUT2D eigenvalue weighted by Crippen LogP contribution is -1.96. The number of para-hydroxylation sites is 1. The van der Waals surface area contributed by atoms with Crippen molar-refractivity contribution in [2.45, 2.75) is 0 Å². The quantitative estimate of drug-likeness (QED) is 0.289. The summed E-state index contributed by atoms with van der Waals surface area (Å²) >= 11 is 0. The van der Waals surface area contributed by atoms with Gasteiger partial charge in [-0.3, -0.25) is 4.57 Å². The number of fused-ring (bicyclic) bond motifs is 5. The van der Waals surface area contributed by atoms with E-state index in [0.717, 1.165) is 38.9 Å². The molecule has 0 radical (unpaired) electrons. The van der Waals surface area contributed by atoms with Gasteiger partial charge in [-0.25, -0.2) is 9.97 Å². The van der Waals surface area contributed by atoms with Crippen LogP contribution in [0.25, 0.3) is 60.4 Å². The van der Waals surface area contributed by atoms with Crippen molar-refractivity contribution in [3.8, 4) is 16.9 Å². The smallest absolute Gasteiger partial charge is 0.149 e. The molecule has 0 bridgehead atoms. The number of nitrogens with zero attached hydrogens (tertiary/aromatic N) is 3. The SMILES string of the molecule is c1ccc(-n2c3cc4ccccc4cc3c3c(-c4cccc5ccccc45)ncnc32)cc1. The van der Waals surface area contributed by atoms with Gasteiger partial charge in [0.05, 0.1) is 16.6 Å². The van der Waals surface area contributed by atoms with Crippen molar-refractivity contribution in [2.24, 2.45) is 0 Å². The lowest BCUT2D eigenvalue weighted by atomic mass is 9.99. The summed E-state index contributed by atoms with van der Waals surface area (Å²) in [5, 5.41) is 7.07. The summed E-state index contributed by atoms with van der Waals surface area (Å²) in [4.78, 5) is 9.64. The summed E-state index contributed by atoms with van der Waals surface area (Å²) in [5.74, 6) is 0. The molecular weight excluding hydrogens is 402 g/mol. The molecule has 0 spiro atoms. The highest BCUT2D eigenvalue weighted by atomic mass is 15.1. The second kappa shape index (κ2) is 7.01. The summed E-state index contributed by atoms with van der Waals surface area (Å²) in [6, 6.07) is 38.4. The van der Waals surface area contributed by atoms with E-state index in [1.54, 1.807) is 6.33 Å². The molecule has 0 aliphatic rings. The van der Waals surface area contributed by atoms with Gasteiger partial charge in [0.2, 0.25) is 0 Å².